The van der Waals surface area contributed by atoms with Gasteiger partial charge in [-0.05, 0) is 30.7 Å². The van der Waals surface area contributed by atoms with Gasteiger partial charge in [0, 0.05) is 10.9 Å². The first kappa shape index (κ1) is 6.40. The van der Waals surface area contributed by atoms with E-state index >= 15 is 0 Å². The van der Waals surface area contributed by atoms with Gasteiger partial charge in [-0.15, -0.1) is 0 Å². The third-order valence-electron chi connectivity index (χ3n) is 1.77. The highest BCUT2D eigenvalue weighted by atomic mass is 19.1. The molecule has 0 aliphatic rings. The number of hydrogen-bond acceptors (Lipinski definition) is 0. The maximum atomic E-state index is 12.6. The van der Waals surface area contributed by atoms with Gasteiger partial charge in [-0.25, -0.2) is 4.39 Å². The van der Waals surface area contributed by atoms with E-state index in [1.807, 2.05) is 6.92 Å². The van der Waals surface area contributed by atoms with Crippen molar-refractivity contribution in [2.75, 3.05) is 0 Å². The smallest absolute Gasteiger partial charge is 0.125 e. The normalized spacial score (nSPS) is 10.7. The maximum Gasteiger partial charge on any atom is 0.125 e. The van der Waals surface area contributed by atoms with E-state index in [4.69, 9.17) is 0 Å². The fourth-order valence-electron chi connectivity index (χ4n) is 1.18. The summed E-state index contributed by atoms with van der Waals surface area (Å²) in [5.41, 5.74) is 1.84. The molecule has 0 fully saturated rings. The van der Waals surface area contributed by atoms with Crippen molar-refractivity contribution in [1.29, 1.82) is 0 Å². The molecule has 2 rings (SSSR count). The molecule has 1 radical (unpaired) electrons. The van der Waals surface area contributed by atoms with E-state index in [2.05, 4.69) is 11.2 Å². The zero-order chi connectivity index (χ0) is 7.84. The molecule has 0 atom stereocenters. The van der Waals surface area contributed by atoms with Crippen molar-refractivity contribution in [2.24, 2.45) is 0 Å². The Bertz CT molecular complexity index is 389. The zero-order valence-corrected chi connectivity index (χ0v) is 6.11. The molecule has 0 amide bonds. The van der Waals surface area contributed by atoms with Crippen LogP contribution in [0.15, 0.2) is 18.2 Å². The van der Waals surface area contributed by atoms with Crippen molar-refractivity contribution in [3.8, 4) is 0 Å². The molecule has 11 heavy (non-hydrogen) atoms. The molecule has 1 heterocycles. The molecule has 2 heteroatoms. The minimum absolute atomic E-state index is 0.215. The van der Waals surface area contributed by atoms with Crippen molar-refractivity contribution < 1.29 is 4.39 Å². The maximum absolute atomic E-state index is 12.6. The van der Waals surface area contributed by atoms with Crippen molar-refractivity contribution in [3.63, 3.8) is 0 Å². The standard InChI is InChI=1S/C9H7FN/c1-6-5-11-9-4-7(10)2-3-8(6)9/h2-4,11H,1H3. The lowest BCUT2D eigenvalue weighted by Gasteiger charge is -1.89. The Balaban J connectivity index is 2.86. The molecule has 1 nitrogen and oxygen atoms in total. The van der Waals surface area contributed by atoms with Gasteiger partial charge in [0.25, 0.3) is 0 Å². The topological polar surface area (TPSA) is 15.8 Å². The summed E-state index contributed by atoms with van der Waals surface area (Å²) < 4.78 is 12.6. The Morgan fingerprint density at radius 1 is 1.45 bits per heavy atom. The summed E-state index contributed by atoms with van der Waals surface area (Å²) in [7, 11) is 0. The summed E-state index contributed by atoms with van der Waals surface area (Å²) in [6.45, 7) is 1.94. The van der Waals surface area contributed by atoms with Crippen molar-refractivity contribution in [3.05, 3.63) is 35.8 Å². The molecule has 1 N–H and O–H groups in total. The van der Waals surface area contributed by atoms with Crippen LogP contribution in [0, 0.1) is 18.9 Å². The van der Waals surface area contributed by atoms with Gasteiger partial charge >= 0.3 is 0 Å². The van der Waals surface area contributed by atoms with Crippen LogP contribution in [-0.4, -0.2) is 4.98 Å². The molecule has 0 bridgehead atoms. The minimum Gasteiger partial charge on any atom is -0.353 e. The van der Waals surface area contributed by atoms with Crippen LogP contribution < -0.4 is 0 Å². The first-order chi connectivity index (χ1) is 5.27. The van der Waals surface area contributed by atoms with Crippen LogP contribution in [0.2, 0.25) is 0 Å². The average molecular weight is 148 g/mol. The summed E-state index contributed by atoms with van der Waals surface area (Å²) in [5.74, 6) is -0.215. The second-order valence-corrected chi connectivity index (χ2v) is 2.56. The van der Waals surface area contributed by atoms with E-state index in [1.54, 1.807) is 6.07 Å². The summed E-state index contributed by atoms with van der Waals surface area (Å²) in [4.78, 5) is 2.86. The summed E-state index contributed by atoms with van der Waals surface area (Å²) >= 11 is 0. The number of H-pyrrole nitrogens is 1. The first-order valence-corrected chi connectivity index (χ1v) is 3.43. The third-order valence-corrected chi connectivity index (χ3v) is 1.77. The molecule has 1 aromatic heterocycles. The van der Waals surface area contributed by atoms with Crippen molar-refractivity contribution >= 4 is 10.9 Å². The van der Waals surface area contributed by atoms with Gasteiger partial charge < -0.3 is 4.98 Å². The Morgan fingerprint density at radius 3 is 3.09 bits per heavy atom. The van der Waals surface area contributed by atoms with Gasteiger partial charge in [0.15, 0.2) is 0 Å². The molecule has 0 aliphatic heterocycles. The summed E-state index contributed by atoms with van der Waals surface area (Å²) in [6.07, 6.45) is 2.91. The SMILES string of the molecule is Cc1[c][nH]c2cc(F)ccc12. The van der Waals surface area contributed by atoms with E-state index in [9.17, 15) is 4.39 Å². The Labute approximate surface area is 63.9 Å². The lowest BCUT2D eigenvalue weighted by molar-refractivity contribution is 0.629. The number of aryl methyl sites for hydroxylation is 1. The third kappa shape index (κ3) is 0.909. The van der Waals surface area contributed by atoms with Crippen LogP contribution in [0.3, 0.4) is 0 Å². The van der Waals surface area contributed by atoms with Crippen LogP contribution in [0.5, 0.6) is 0 Å². The van der Waals surface area contributed by atoms with Gasteiger partial charge in [-0.1, -0.05) is 0 Å². The largest absolute Gasteiger partial charge is 0.353 e. The van der Waals surface area contributed by atoms with Gasteiger partial charge in [0.1, 0.15) is 5.82 Å². The molecule has 2 aromatic rings. The van der Waals surface area contributed by atoms with E-state index in [0.717, 1.165) is 16.5 Å². The fraction of sp³-hybridized carbons (Fsp3) is 0.111. The zero-order valence-electron chi connectivity index (χ0n) is 6.11. The number of hydrogen-bond donors (Lipinski definition) is 1. The molecule has 0 aliphatic carbocycles. The lowest BCUT2D eigenvalue weighted by Crippen LogP contribution is -1.72. The predicted molar refractivity (Wildman–Crippen MR) is 41.8 cm³/mol. The highest BCUT2D eigenvalue weighted by Gasteiger charge is 1.99. The van der Waals surface area contributed by atoms with Crippen LogP contribution in [-0.2, 0) is 0 Å². The van der Waals surface area contributed by atoms with Crippen molar-refractivity contribution in [2.45, 2.75) is 6.92 Å². The highest BCUT2D eigenvalue weighted by molar-refractivity contribution is 5.82. The Morgan fingerprint density at radius 2 is 2.27 bits per heavy atom. The van der Waals surface area contributed by atoms with Crippen LogP contribution in [0.1, 0.15) is 5.56 Å². The van der Waals surface area contributed by atoms with Crippen LogP contribution in [0.25, 0.3) is 10.9 Å². The molecular formula is C9H7FN. The molecular weight excluding hydrogens is 141 g/mol. The number of halogens is 1. The summed E-state index contributed by atoms with van der Waals surface area (Å²) in [5, 5.41) is 1.03. The number of aromatic amines is 1. The fourth-order valence-corrected chi connectivity index (χ4v) is 1.18. The van der Waals surface area contributed by atoms with E-state index in [0.29, 0.717) is 0 Å². The molecule has 0 spiro atoms. The minimum atomic E-state index is -0.215. The van der Waals surface area contributed by atoms with Gasteiger partial charge in [0.05, 0.1) is 6.20 Å². The quantitative estimate of drug-likeness (QED) is 0.590. The van der Waals surface area contributed by atoms with Crippen molar-refractivity contribution in [1.82, 2.24) is 4.98 Å². The van der Waals surface area contributed by atoms with Gasteiger partial charge in [0.2, 0.25) is 0 Å². The molecule has 0 unspecified atom stereocenters. The summed E-state index contributed by atoms with van der Waals surface area (Å²) in [6, 6.07) is 4.68. The van der Waals surface area contributed by atoms with Gasteiger partial charge in [-0.3, -0.25) is 0 Å². The molecule has 55 valence electrons. The lowest BCUT2D eigenvalue weighted by atomic mass is 10.2. The molecule has 0 saturated heterocycles. The Hall–Kier alpha value is -1.31. The average Bonchev–Trinajstić information content (AvgIpc) is 2.32. The molecule has 0 saturated carbocycles. The second kappa shape index (κ2) is 2.09. The predicted octanol–water partition coefficient (Wildman–Crippen LogP) is 2.42. The number of fused-ring (bicyclic) bond motifs is 1. The monoisotopic (exact) mass is 148 g/mol. The first-order valence-electron chi connectivity index (χ1n) is 3.43. The van der Waals surface area contributed by atoms with E-state index in [-0.39, 0.29) is 5.82 Å². The second-order valence-electron chi connectivity index (χ2n) is 2.56. The molecule has 1 aromatic carbocycles. The highest BCUT2D eigenvalue weighted by Crippen LogP contribution is 2.17. The number of nitrogens with one attached hydrogen (secondary N) is 1. The Kier molecular flexibility index (Phi) is 1.22. The van der Waals surface area contributed by atoms with Crippen LogP contribution in [0.4, 0.5) is 4.39 Å². The van der Waals surface area contributed by atoms with E-state index < -0.39 is 0 Å². The number of rotatable bonds is 0. The number of aromatic nitrogens is 1. The number of benzene rings is 1. The van der Waals surface area contributed by atoms with Gasteiger partial charge in [-0.2, -0.15) is 0 Å². The van der Waals surface area contributed by atoms with E-state index in [1.165, 1.54) is 12.1 Å². The van der Waals surface area contributed by atoms with Crippen LogP contribution >= 0.6 is 0 Å².